The summed E-state index contributed by atoms with van der Waals surface area (Å²) in [5.41, 5.74) is 1.79. The average Bonchev–Trinajstić information content (AvgIpc) is 3.51. The summed E-state index contributed by atoms with van der Waals surface area (Å²) in [5, 5.41) is 5.40. The zero-order valence-electron chi connectivity index (χ0n) is 16.3. The number of hydrogen-bond acceptors (Lipinski definition) is 5. The first-order valence-corrected chi connectivity index (χ1v) is 10.0. The van der Waals surface area contributed by atoms with Crippen LogP contribution >= 0.6 is 0 Å². The molecule has 1 aromatic carbocycles. The summed E-state index contributed by atoms with van der Waals surface area (Å²) in [6.45, 7) is 2.62. The lowest BCUT2D eigenvalue weighted by Gasteiger charge is -2.09. The molecule has 0 unspecified atom stereocenters. The quantitative estimate of drug-likeness (QED) is 0.508. The van der Waals surface area contributed by atoms with Crippen molar-refractivity contribution >= 4 is 10.9 Å². The predicted molar refractivity (Wildman–Crippen MR) is 110 cm³/mol. The Morgan fingerprint density at radius 1 is 1.10 bits per heavy atom. The van der Waals surface area contributed by atoms with Crippen molar-refractivity contribution in [2.75, 3.05) is 0 Å². The van der Waals surface area contributed by atoms with Crippen LogP contribution in [0.5, 0.6) is 0 Å². The Morgan fingerprint density at radius 2 is 1.97 bits per heavy atom. The van der Waals surface area contributed by atoms with Gasteiger partial charge >= 0.3 is 0 Å². The van der Waals surface area contributed by atoms with Crippen LogP contribution in [-0.2, 0) is 13.0 Å². The van der Waals surface area contributed by atoms with E-state index in [-0.39, 0.29) is 5.56 Å². The molecule has 7 nitrogen and oxygen atoms in total. The van der Waals surface area contributed by atoms with Gasteiger partial charge in [0.2, 0.25) is 0 Å². The summed E-state index contributed by atoms with van der Waals surface area (Å²) >= 11 is 0. The molecule has 29 heavy (non-hydrogen) atoms. The van der Waals surface area contributed by atoms with Crippen LogP contribution < -0.4 is 5.56 Å². The van der Waals surface area contributed by atoms with Crippen molar-refractivity contribution in [3.63, 3.8) is 0 Å². The molecule has 3 aromatic heterocycles. The minimum atomic E-state index is -0.00342. The van der Waals surface area contributed by atoms with E-state index in [2.05, 4.69) is 9.97 Å². The van der Waals surface area contributed by atoms with Crippen LogP contribution in [-0.4, -0.2) is 29.3 Å². The van der Waals surface area contributed by atoms with Gasteiger partial charge in [0.05, 0.1) is 17.2 Å². The number of pyridine rings is 1. The molecule has 1 aliphatic rings. The molecule has 5 rings (SSSR count). The smallest absolute Gasteiger partial charge is 0.261 e. The summed E-state index contributed by atoms with van der Waals surface area (Å²) in [7, 11) is 0. The number of rotatable bonds is 6. The van der Waals surface area contributed by atoms with Gasteiger partial charge in [-0.25, -0.2) is 15.0 Å². The molecule has 0 aliphatic heterocycles. The fourth-order valence-corrected chi connectivity index (χ4v) is 3.58. The molecule has 1 aliphatic carbocycles. The van der Waals surface area contributed by atoms with Crippen LogP contribution in [0.2, 0.25) is 0 Å². The van der Waals surface area contributed by atoms with E-state index < -0.39 is 0 Å². The number of hydrogen-bond donors (Lipinski definition) is 0. The Bertz CT molecular complexity index is 1240. The Kier molecular flexibility index (Phi) is 4.42. The third-order valence-corrected chi connectivity index (χ3v) is 5.35. The van der Waals surface area contributed by atoms with Crippen molar-refractivity contribution in [1.82, 2.24) is 29.3 Å². The largest absolute Gasteiger partial charge is 0.299 e. The molecule has 0 N–H and O–H groups in total. The SMILES string of the molecule is Cc1cccnc1-n1nc(C2CC2)nc1CCCn1cnc2ccccc2c1=O. The Hall–Kier alpha value is -3.35. The van der Waals surface area contributed by atoms with Crippen molar-refractivity contribution in [2.45, 2.75) is 45.1 Å². The summed E-state index contributed by atoms with van der Waals surface area (Å²) in [6, 6.07) is 11.4. The Labute approximate surface area is 168 Å². The van der Waals surface area contributed by atoms with Crippen molar-refractivity contribution in [3.05, 3.63) is 76.5 Å². The average molecular weight is 386 g/mol. The first-order valence-electron chi connectivity index (χ1n) is 10.0. The molecule has 0 atom stereocenters. The fraction of sp³-hybridized carbons (Fsp3) is 0.318. The number of nitrogens with zero attached hydrogens (tertiary/aromatic N) is 6. The normalized spacial score (nSPS) is 13.8. The summed E-state index contributed by atoms with van der Waals surface area (Å²) in [4.78, 5) is 26.4. The second-order valence-corrected chi connectivity index (χ2v) is 7.58. The third kappa shape index (κ3) is 3.44. The van der Waals surface area contributed by atoms with E-state index in [1.807, 2.05) is 48.0 Å². The number of aromatic nitrogens is 6. The van der Waals surface area contributed by atoms with Gasteiger partial charge in [0, 0.05) is 25.1 Å². The summed E-state index contributed by atoms with van der Waals surface area (Å²) < 4.78 is 3.56. The van der Waals surface area contributed by atoms with Crippen LogP contribution in [0.3, 0.4) is 0 Å². The van der Waals surface area contributed by atoms with E-state index >= 15 is 0 Å². The third-order valence-electron chi connectivity index (χ3n) is 5.35. The molecule has 146 valence electrons. The molecule has 1 saturated carbocycles. The van der Waals surface area contributed by atoms with Crippen LogP contribution in [0.25, 0.3) is 16.7 Å². The minimum absolute atomic E-state index is 0.00342. The molecule has 3 heterocycles. The second-order valence-electron chi connectivity index (χ2n) is 7.58. The fourth-order valence-electron chi connectivity index (χ4n) is 3.58. The standard InChI is InChI=1S/C22H22N6O/c1-15-6-4-12-23-21(15)28-19(25-20(26-28)16-10-11-16)9-5-13-27-14-24-18-8-3-2-7-17(18)22(27)29/h2-4,6-8,12,14,16H,5,9-11,13H2,1H3. The topological polar surface area (TPSA) is 78.5 Å². The maximum Gasteiger partial charge on any atom is 0.261 e. The molecular formula is C22H22N6O. The van der Waals surface area contributed by atoms with E-state index in [1.165, 1.54) is 0 Å². The maximum absolute atomic E-state index is 12.7. The van der Waals surface area contributed by atoms with Crippen molar-refractivity contribution in [1.29, 1.82) is 0 Å². The number of aryl methyl sites for hydroxylation is 3. The molecule has 0 saturated heterocycles. The van der Waals surface area contributed by atoms with Gasteiger partial charge in [-0.15, -0.1) is 5.10 Å². The van der Waals surface area contributed by atoms with Crippen LogP contribution in [0.4, 0.5) is 0 Å². The maximum atomic E-state index is 12.7. The number of para-hydroxylation sites is 1. The van der Waals surface area contributed by atoms with Gasteiger partial charge in [-0.1, -0.05) is 18.2 Å². The monoisotopic (exact) mass is 386 g/mol. The molecular weight excluding hydrogens is 364 g/mol. The predicted octanol–water partition coefficient (Wildman–Crippen LogP) is 3.19. The van der Waals surface area contributed by atoms with Crippen molar-refractivity contribution in [3.8, 4) is 5.82 Å². The van der Waals surface area contributed by atoms with Crippen LogP contribution in [0, 0.1) is 6.92 Å². The zero-order valence-corrected chi connectivity index (χ0v) is 16.3. The minimum Gasteiger partial charge on any atom is -0.299 e. The summed E-state index contributed by atoms with van der Waals surface area (Å²) in [5.74, 6) is 3.11. The van der Waals surface area contributed by atoms with Crippen molar-refractivity contribution in [2.24, 2.45) is 0 Å². The molecule has 0 radical (unpaired) electrons. The number of benzene rings is 1. The highest BCUT2D eigenvalue weighted by molar-refractivity contribution is 5.76. The van der Waals surface area contributed by atoms with Crippen LogP contribution in [0.1, 0.15) is 42.4 Å². The van der Waals surface area contributed by atoms with Crippen LogP contribution in [0.15, 0.2) is 53.7 Å². The second kappa shape index (κ2) is 7.24. The lowest BCUT2D eigenvalue weighted by atomic mass is 10.2. The lowest BCUT2D eigenvalue weighted by Crippen LogP contribution is -2.21. The molecule has 4 aromatic rings. The van der Waals surface area contributed by atoms with E-state index in [9.17, 15) is 4.79 Å². The van der Waals surface area contributed by atoms with E-state index in [4.69, 9.17) is 10.1 Å². The Balaban J connectivity index is 1.39. The van der Waals surface area contributed by atoms with Gasteiger partial charge in [0.15, 0.2) is 11.6 Å². The van der Waals surface area contributed by atoms with E-state index in [1.54, 1.807) is 17.1 Å². The highest BCUT2D eigenvalue weighted by Gasteiger charge is 2.29. The number of fused-ring (bicyclic) bond motifs is 1. The summed E-state index contributed by atoms with van der Waals surface area (Å²) in [6.07, 6.45) is 7.22. The highest BCUT2D eigenvalue weighted by atomic mass is 16.1. The van der Waals surface area contributed by atoms with Gasteiger partial charge < -0.3 is 0 Å². The van der Waals surface area contributed by atoms with Gasteiger partial charge in [0.1, 0.15) is 5.82 Å². The zero-order chi connectivity index (χ0) is 19.8. The molecule has 0 spiro atoms. The van der Waals surface area contributed by atoms with Gasteiger partial charge in [-0.05, 0) is 49.9 Å². The van der Waals surface area contributed by atoms with E-state index in [0.29, 0.717) is 17.8 Å². The molecule has 0 bridgehead atoms. The lowest BCUT2D eigenvalue weighted by molar-refractivity contribution is 0.597. The highest BCUT2D eigenvalue weighted by Crippen LogP contribution is 2.38. The van der Waals surface area contributed by atoms with E-state index in [0.717, 1.165) is 54.2 Å². The molecule has 0 amide bonds. The van der Waals surface area contributed by atoms with Gasteiger partial charge in [-0.2, -0.15) is 4.68 Å². The first kappa shape index (κ1) is 17.7. The van der Waals surface area contributed by atoms with Gasteiger partial charge in [-0.3, -0.25) is 9.36 Å². The first-order chi connectivity index (χ1) is 14.2. The van der Waals surface area contributed by atoms with Crippen molar-refractivity contribution < 1.29 is 0 Å². The molecule has 1 fully saturated rings. The van der Waals surface area contributed by atoms with Gasteiger partial charge in [0.25, 0.3) is 5.56 Å². The molecule has 7 heteroatoms. The Morgan fingerprint density at radius 3 is 2.79 bits per heavy atom.